The second-order valence-electron chi connectivity index (χ2n) is 4.63. The molecule has 2 unspecified atom stereocenters. The molecule has 0 spiro atoms. The Morgan fingerprint density at radius 2 is 2.00 bits per heavy atom. The maximum atomic E-state index is 11.5. The van der Waals surface area contributed by atoms with Crippen molar-refractivity contribution in [1.82, 2.24) is 10.2 Å². The van der Waals surface area contributed by atoms with Crippen LogP contribution in [-0.2, 0) is 9.59 Å². The van der Waals surface area contributed by atoms with Crippen LogP contribution in [0.3, 0.4) is 0 Å². The Kier molecular flexibility index (Phi) is 3.05. The fraction of sp³-hybridized carbons (Fsp3) is 0.818. The summed E-state index contributed by atoms with van der Waals surface area (Å²) in [5.41, 5.74) is 0. The van der Waals surface area contributed by atoms with Gasteiger partial charge in [0.25, 0.3) is 0 Å². The molecule has 2 aliphatic heterocycles. The molecule has 0 bridgehead atoms. The molecular formula is C11H18N2O2. The normalized spacial score (nSPS) is 32.5. The molecule has 1 N–H and O–H groups in total. The van der Waals surface area contributed by atoms with Gasteiger partial charge in [0.1, 0.15) is 0 Å². The van der Waals surface area contributed by atoms with E-state index in [1.807, 2.05) is 0 Å². The van der Waals surface area contributed by atoms with Crippen molar-refractivity contribution < 1.29 is 9.59 Å². The highest BCUT2D eigenvalue weighted by atomic mass is 16.2. The maximum absolute atomic E-state index is 11.5. The van der Waals surface area contributed by atoms with E-state index in [-0.39, 0.29) is 11.8 Å². The van der Waals surface area contributed by atoms with Crippen molar-refractivity contribution in [3.8, 4) is 0 Å². The lowest BCUT2D eigenvalue weighted by Gasteiger charge is -2.31. The van der Waals surface area contributed by atoms with Crippen molar-refractivity contribution in [2.75, 3.05) is 19.6 Å². The first-order valence-corrected chi connectivity index (χ1v) is 5.72. The lowest BCUT2D eigenvalue weighted by molar-refractivity contribution is -0.139. The number of imide groups is 1. The van der Waals surface area contributed by atoms with Gasteiger partial charge in [-0.1, -0.05) is 6.92 Å². The minimum Gasteiger partial charge on any atom is -0.316 e. The number of piperidine rings is 1. The summed E-state index contributed by atoms with van der Waals surface area (Å²) in [6, 6.07) is 0. The monoisotopic (exact) mass is 210 g/mol. The Balaban J connectivity index is 1.95. The molecule has 2 fully saturated rings. The number of nitrogens with zero attached hydrogens (tertiary/aromatic N) is 1. The van der Waals surface area contributed by atoms with Crippen LogP contribution in [0.5, 0.6) is 0 Å². The lowest BCUT2D eigenvalue weighted by atomic mass is 9.87. The number of amides is 2. The molecule has 0 aromatic rings. The van der Waals surface area contributed by atoms with E-state index in [0.717, 1.165) is 19.5 Å². The van der Waals surface area contributed by atoms with Gasteiger partial charge in [-0.2, -0.15) is 0 Å². The Bertz CT molecular complexity index is 262. The highest BCUT2D eigenvalue weighted by Gasteiger charge is 2.32. The summed E-state index contributed by atoms with van der Waals surface area (Å²) in [6.07, 6.45) is 1.90. The van der Waals surface area contributed by atoms with E-state index in [1.165, 1.54) is 4.90 Å². The summed E-state index contributed by atoms with van der Waals surface area (Å²) in [6.45, 7) is 4.83. The van der Waals surface area contributed by atoms with Gasteiger partial charge in [0.05, 0.1) is 0 Å². The summed E-state index contributed by atoms with van der Waals surface area (Å²) >= 11 is 0. The van der Waals surface area contributed by atoms with Crippen molar-refractivity contribution in [3.63, 3.8) is 0 Å². The number of carbonyl (C=O) groups excluding carboxylic acids is 2. The number of likely N-dealkylation sites (tertiary alicyclic amines) is 1. The third-order valence-corrected chi connectivity index (χ3v) is 3.53. The molecule has 2 rings (SSSR count). The van der Waals surface area contributed by atoms with Crippen molar-refractivity contribution in [2.45, 2.75) is 26.2 Å². The molecule has 0 aromatic heterocycles. The molecule has 84 valence electrons. The summed E-state index contributed by atoms with van der Waals surface area (Å²) in [5.74, 6) is 1.08. The maximum Gasteiger partial charge on any atom is 0.229 e. The molecule has 4 nitrogen and oxygen atoms in total. The summed E-state index contributed by atoms with van der Waals surface area (Å²) in [5, 5.41) is 3.32. The number of hydrogen-bond donors (Lipinski definition) is 1. The highest BCUT2D eigenvalue weighted by Crippen LogP contribution is 2.22. The number of hydrogen-bond acceptors (Lipinski definition) is 3. The van der Waals surface area contributed by atoms with Crippen LogP contribution in [0.4, 0.5) is 0 Å². The Morgan fingerprint density at radius 3 is 2.60 bits per heavy atom. The quantitative estimate of drug-likeness (QED) is 0.670. The number of carbonyl (C=O) groups is 2. The van der Waals surface area contributed by atoms with Crippen molar-refractivity contribution in [2.24, 2.45) is 11.8 Å². The molecular weight excluding hydrogens is 192 g/mol. The van der Waals surface area contributed by atoms with Gasteiger partial charge < -0.3 is 5.32 Å². The Morgan fingerprint density at radius 1 is 1.33 bits per heavy atom. The molecule has 0 aliphatic carbocycles. The first kappa shape index (κ1) is 10.6. The fourth-order valence-electron chi connectivity index (χ4n) is 2.40. The van der Waals surface area contributed by atoms with E-state index in [0.29, 0.717) is 31.2 Å². The first-order chi connectivity index (χ1) is 7.18. The molecule has 2 amide bonds. The lowest BCUT2D eigenvalue weighted by Crippen LogP contribution is -2.42. The minimum absolute atomic E-state index is 0.0192. The van der Waals surface area contributed by atoms with Crippen LogP contribution in [0.25, 0.3) is 0 Å². The van der Waals surface area contributed by atoms with Crippen LogP contribution in [0.1, 0.15) is 26.2 Å². The van der Waals surface area contributed by atoms with E-state index in [4.69, 9.17) is 0 Å². The summed E-state index contributed by atoms with van der Waals surface area (Å²) in [7, 11) is 0. The molecule has 0 radical (unpaired) electrons. The molecule has 15 heavy (non-hydrogen) atoms. The molecule has 0 aromatic carbocycles. The third kappa shape index (κ3) is 2.20. The van der Waals surface area contributed by atoms with Crippen molar-refractivity contribution >= 4 is 11.8 Å². The van der Waals surface area contributed by atoms with Crippen LogP contribution in [-0.4, -0.2) is 36.3 Å². The molecule has 0 saturated carbocycles. The van der Waals surface area contributed by atoms with Crippen LogP contribution in [0.2, 0.25) is 0 Å². The summed E-state index contributed by atoms with van der Waals surface area (Å²) in [4.78, 5) is 24.4. The Hall–Kier alpha value is -0.900. The number of nitrogens with one attached hydrogen (secondary N) is 1. The zero-order valence-electron chi connectivity index (χ0n) is 9.16. The van der Waals surface area contributed by atoms with Gasteiger partial charge in [0.15, 0.2) is 0 Å². The van der Waals surface area contributed by atoms with Gasteiger partial charge in [0.2, 0.25) is 11.8 Å². The number of rotatable bonds is 2. The van der Waals surface area contributed by atoms with Crippen LogP contribution in [0, 0.1) is 11.8 Å². The fourth-order valence-corrected chi connectivity index (χ4v) is 2.40. The molecule has 2 heterocycles. The third-order valence-electron chi connectivity index (χ3n) is 3.53. The zero-order valence-corrected chi connectivity index (χ0v) is 9.16. The van der Waals surface area contributed by atoms with E-state index < -0.39 is 0 Å². The van der Waals surface area contributed by atoms with E-state index in [1.54, 1.807) is 0 Å². The van der Waals surface area contributed by atoms with E-state index >= 15 is 0 Å². The molecule has 2 saturated heterocycles. The second-order valence-corrected chi connectivity index (χ2v) is 4.63. The van der Waals surface area contributed by atoms with Gasteiger partial charge in [-0.05, 0) is 31.3 Å². The highest BCUT2D eigenvalue weighted by molar-refractivity contribution is 6.01. The van der Waals surface area contributed by atoms with E-state index in [9.17, 15) is 9.59 Å². The molecule has 2 aliphatic rings. The van der Waals surface area contributed by atoms with Crippen molar-refractivity contribution in [3.05, 3.63) is 0 Å². The average Bonchev–Trinajstić information content (AvgIpc) is 2.53. The predicted octanol–water partition coefficient (Wildman–Crippen LogP) is 0.381. The standard InChI is InChI=1S/C11H18N2O2/c1-8-6-12-5-4-9(8)7-13-10(14)2-3-11(13)15/h8-9,12H,2-7H2,1H3. The van der Waals surface area contributed by atoms with Gasteiger partial charge in [0, 0.05) is 19.4 Å². The van der Waals surface area contributed by atoms with Crippen molar-refractivity contribution in [1.29, 1.82) is 0 Å². The van der Waals surface area contributed by atoms with Gasteiger partial charge in [-0.25, -0.2) is 0 Å². The largest absolute Gasteiger partial charge is 0.316 e. The summed E-state index contributed by atoms with van der Waals surface area (Å²) < 4.78 is 0. The van der Waals surface area contributed by atoms with Gasteiger partial charge >= 0.3 is 0 Å². The topological polar surface area (TPSA) is 49.4 Å². The minimum atomic E-state index is 0.0192. The zero-order chi connectivity index (χ0) is 10.8. The molecule has 2 atom stereocenters. The average molecular weight is 210 g/mol. The SMILES string of the molecule is CC1CNCCC1CN1C(=O)CCC1=O. The Labute approximate surface area is 90.0 Å². The van der Waals surface area contributed by atoms with Crippen LogP contribution in [0.15, 0.2) is 0 Å². The van der Waals surface area contributed by atoms with Gasteiger partial charge in [-0.3, -0.25) is 14.5 Å². The van der Waals surface area contributed by atoms with Crippen LogP contribution < -0.4 is 5.32 Å². The predicted molar refractivity (Wildman–Crippen MR) is 56.1 cm³/mol. The second kappa shape index (κ2) is 4.31. The molecule has 4 heteroatoms. The first-order valence-electron chi connectivity index (χ1n) is 5.72. The van der Waals surface area contributed by atoms with Crippen LogP contribution >= 0.6 is 0 Å². The van der Waals surface area contributed by atoms with Gasteiger partial charge in [-0.15, -0.1) is 0 Å². The smallest absolute Gasteiger partial charge is 0.229 e. The van der Waals surface area contributed by atoms with E-state index in [2.05, 4.69) is 12.2 Å².